The van der Waals surface area contributed by atoms with Gasteiger partial charge in [0.25, 0.3) is 0 Å². The molecule has 0 bridgehead atoms. The summed E-state index contributed by atoms with van der Waals surface area (Å²) >= 11 is 0. The summed E-state index contributed by atoms with van der Waals surface area (Å²) in [7, 11) is 0. The number of hydrogen-bond acceptors (Lipinski definition) is 4. The van der Waals surface area contributed by atoms with Crippen molar-refractivity contribution < 1.29 is 0 Å². The highest BCUT2D eigenvalue weighted by Crippen LogP contribution is 2.39. The zero-order valence-corrected chi connectivity index (χ0v) is 11.3. The second kappa shape index (κ2) is 4.96. The minimum absolute atomic E-state index is 0.556. The molecule has 2 aromatic rings. The number of aromatic nitrogens is 3. The molecule has 0 atom stereocenters. The normalized spacial score (nSPS) is 14.4. The van der Waals surface area contributed by atoms with E-state index >= 15 is 0 Å². The Morgan fingerprint density at radius 3 is 2.79 bits per heavy atom. The van der Waals surface area contributed by atoms with Gasteiger partial charge < -0.3 is 5.32 Å². The van der Waals surface area contributed by atoms with E-state index < -0.39 is 0 Å². The Morgan fingerprint density at radius 1 is 1.26 bits per heavy atom. The molecular weight excluding hydrogens is 236 g/mol. The number of aryl methyl sites for hydroxylation is 1. The molecular formula is C15H18N4. The van der Waals surface area contributed by atoms with Crippen LogP contribution < -0.4 is 5.32 Å². The van der Waals surface area contributed by atoms with Gasteiger partial charge in [-0.2, -0.15) is 0 Å². The molecule has 0 amide bonds. The molecule has 1 aliphatic rings. The van der Waals surface area contributed by atoms with Crippen LogP contribution in [-0.2, 0) is 0 Å². The van der Waals surface area contributed by atoms with Gasteiger partial charge in [-0.3, -0.25) is 4.98 Å². The minimum atomic E-state index is 0.556. The molecule has 0 aromatic carbocycles. The van der Waals surface area contributed by atoms with E-state index in [1.807, 2.05) is 25.3 Å². The molecule has 19 heavy (non-hydrogen) atoms. The summed E-state index contributed by atoms with van der Waals surface area (Å²) < 4.78 is 0. The molecule has 1 aliphatic carbocycles. The van der Waals surface area contributed by atoms with Crippen molar-refractivity contribution in [3.05, 3.63) is 35.9 Å². The molecule has 1 saturated carbocycles. The van der Waals surface area contributed by atoms with E-state index in [1.165, 1.54) is 12.8 Å². The van der Waals surface area contributed by atoms with Crippen molar-refractivity contribution in [3.63, 3.8) is 0 Å². The monoisotopic (exact) mass is 254 g/mol. The average molecular weight is 254 g/mol. The molecule has 4 heteroatoms. The van der Waals surface area contributed by atoms with E-state index in [-0.39, 0.29) is 0 Å². The van der Waals surface area contributed by atoms with Crippen LogP contribution in [0.2, 0.25) is 0 Å². The highest BCUT2D eigenvalue weighted by atomic mass is 15.0. The standard InChI is InChI=1S/C15H18N4/c1-3-16-14-9-13(12-6-7-17-10(2)8-12)18-15(19-14)11-4-5-11/h6-9,11H,3-5H2,1-2H3,(H,16,18,19). The van der Waals surface area contributed by atoms with Crippen LogP contribution in [0.1, 0.15) is 37.2 Å². The van der Waals surface area contributed by atoms with Crippen molar-refractivity contribution in [1.82, 2.24) is 15.0 Å². The number of nitrogens with one attached hydrogen (secondary N) is 1. The first-order valence-corrected chi connectivity index (χ1v) is 6.82. The molecule has 0 saturated heterocycles. The van der Waals surface area contributed by atoms with Gasteiger partial charge in [0.2, 0.25) is 0 Å². The zero-order valence-electron chi connectivity index (χ0n) is 11.3. The third kappa shape index (κ3) is 2.72. The lowest BCUT2D eigenvalue weighted by atomic mass is 10.1. The maximum Gasteiger partial charge on any atom is 0.134 e. The molecule has 3 rings (SSSR count). The van der Waals surface area contributed by atoms with Gasteiger partial charge in [0.05, 0.1) is 5.69 Å². The zero-order chi connectivity index (χ0) is 13.2. The predicted molar refractivity (Wildman–Crippen MR) is 76.1 cm³/mol. The lowest BCUT2D eigenvalue weighted by Gasteiger charge is -2.09. The van der Waals surface area contributed by atoms with Gasteiger partial charge in [-0.1, -0.05) is 0 Å². The summed E-state index contributed by atoms with van der Waals surface area (Å²) in [5.41, 5.74) is 3.10. The molecule has 0 aliphatic heterocycles. The Hall–Kier alpha value is -1.97. The van der Waals surface area contributed by atoms with Crippen LogP contribution in [0.4, 0.5) is 5.82 Å². The Balaban J connectivity index is 2.03. The highest BCUT2D eigenvalue weighted by molar-refractivity contribution is 5.62. The second-order valence-corrected chi connectivity index (χ2v) is 4.99. The summed E-state index contributed by atoms with van der Waals surface area (Å²) in [6.07, 6.45) is 4.26. The Morgan fingerprint density at radius 2 is 2.11 bits per heavy atom. The van der Waals surface area contributed by atoms with E-state index in [0.29, 0.717) is 5.92 Å². The smallest absolute Gasteiger partial charge is 0.134 e. The maximum absolute atomic E-state index is 4.71. The van der Waals surface area contributed by atoms with Crippen molar-refractivity contribution in [1.29, 1.82) is 0 Å². The summed E-state index contributed by atoms with van der Waals surface area (Å²) in [5.74, 6) is 2.45. The van der Waals surface area contributed by atoms with Gasteiger partial charge in [-0.25, -0.2) is 9.97 Å². The molecule has 1 N–H and O–H groups in total. The Labute approximate surface area is 113 Å². The van der Waals surface area contributed by atoms with E-state index in [4.69, 9.17) is 4.98 Å². The molecule has 0 unspecified atom stereocenters. The molecule has 0 radical (unpaired) electrons. The van der Waals surface area contributed by atoms with E-state index in [9.17, 15) is 0 Å². The van der Waals surface area contributed by atoms with Gasteiger partial charge in [0, 0.05) is 36.0 Å². The van der Waals surface area contributed by atoms with Crippen LogP contribution in [0.3, 0.4) is 0 Å². The third-order valence-corrected chi connectivity index (χ3v) is 3.24. The van der Waals surface area contributed by atoms with Crippen LogP contribution in [0, 0.1) is 6.92 Å². The molecule has 1 fully saturated rings. The summed E-state index contributed by atoms with van der Waals surface area (Å²) in [6.45, 7) is 4.95. The van der Waals surface area contributed by atoms with Crippen LogP contribution in [0.25, 0.3) is 11.3 Å². The van der Waals surface area contributed by atoms with Crippen LogP contribution in [-0.4, -0.2) is 21.5 Å². The van der Waals surface area contributed by atoms with E-state index in [0.717, 1.165) is 35.1 Å². The van der Waals surface area contributed by atoms with Gasteiger partial charge in [-0.15, -0.1) is 0 Å². The quantitative estimate of drug-likeness (QED) is 0.910. The fraction of sp³-hybridized carbons (Fsp3) is 0.400. The van der Waals surface area contributed by atoms with Crippen molar-refractivity contribution >= 4 is 5.82 Å². The van der Waals surface area contributed by atoms with Crippen molar-refractivity contribution in [2.24, 2.45) is 0 Å². The first kappa shape index (κ1) is 12.1. The fourth-order valence-corrected chi connectivity index (χ4v) is 2.11. The van der Waals surface area contributed by atoms with E-state index in [2.05, 4.69) is 28.3 Å². The molecule has 0 spiro atoms. The van der Waals surface area contributed by atoms with Crippen LogP contribution in [0.5, 0.6) is 0 Å². The summed E-state index contributed by atoms with van der Waals surface area (Å²) in [6, 6.07) is 6.08. The predicted octanol–water partition coefficient (Wildman–Crippen LogP) is 3.16. The third-order valence-electron chi connectivity index (χ3n) is 3.24. The first-order valence-electron chi connectivity index (χ1n) is 6.82. The maximum atomic E-state index is 4.71. The largest absolute Gasteiger partial charge is 0.370 e. The van der Waals surface area contributed by atoms with Crippen molar-refractivity contribution in [3.8, 4) is 11.3 Å². The number of pyridine rings is 1. The summed E-state index contributed by atoms with van der Waals surface area (Å²) in [4.78, 5) is 13.5. The topological polar surface area (TPSA) is 50.7 Å². The lowest BCUT2D eigenvalue weighted by Crippen LogP contribution is -2.04. The van der Waals surface area contributed by atoms with Crippen molar-refractivity contribution in [2.45, 2.75) is 32.6 Å². The number of anilines is 1. The van der Waals surface area contributed by atoms with Gasteiger partial charge in [0.1, 0.15) is 11.6 Å². The lowest BCUT2D eigenvalue weighted by molar-refractivity contribution is 0.927. The molecule has 2 heterocycles. The minimum Gasteiger partial charge on any atom is -0.370 e. The highest BCUT2D eigenvalue weighted by Gasteiger charge is 2.27. The SMILES string of the molecule is CCNc1cc(-c2ccnc(C)c2)nc(C2CC2)n1. The fourth-order valence-electron chi connectivity index (χ4n) is 2.11. The molecule has 2 aromatic heterocycles. The van der Waals surface area contributed by atoms with Crippen LogP contribution in [0.15, 0.2) is 24.4 Å². The summed E-state index contributed by atoms with van der Waals surface area (Å²) in [5, 5.41) is 3.29. The molecule has 4 nitrogen and oxygen atoms in total. The molecule has 98 valence electrons. The Bertz CT molecular complexity index is 590. The van der Waals surface area contributed by atoms with E-state index in [1.54, 1.807) is 0 Å². The number of nitrogens with zero attached hydrogens (tertiary/aromatic N) is 3. The number of rotatable bonds is 4. The first-order chi connectivity index (χ1) is 9.26. The number of hydrogen-bond donors (Lipinski definition) is 1. The van der Waals surface area contributed by atoms with Gasteiger partial charge in [0.15, 0.2) is 0 Å². The Kier molecular flexibility index (Phi) is 3.15. The average Bonchev–Trinajstić information content (AvgIpc) is 3.23. The van der Waals surface area contributed by atoms with Gasteiger partial charge >= 0.3 is 0 Å². The van der Waals surface area contributed by atoms with Gasteiger partial charge in [-0.05, 0) is 38.8 Å². The van der Waals surface area contributed by atoms with Crippen molar-refractivity contribution in [2.75, 3.05) is 11.9 Å². The van der Waals surface area contributed by atoms with Crippen LogP contribution >= 0.6 is 0 Å². The second-order valence-electron chi connectivity index (χ2n) is 4.99.